The largest absolute Gasteiger partial charge is 0.304 e. The fraction of sp³-hybridized carbons (Fsp3) is 0.429. The summed E-state index contributed by atoms with van der Waals surface area (Å²) in [7, 11) is 0. The minimum absolute atomic E-state index is 0.367. The quantitative estimate of drug-likeness (QED) is 0.568. The topological polar surface area (TPSA) is 37.4 Å². The van der Waals surface area contributed by atoms with Crippen molar-refractivity contribution < 1.29 is 9.59 Å². The minimum Gasteiger partial charge on any atom is -0.304 e. The maximum absolute atomic E-state index is 12.1. The Kier molecular flexibility index (Phi) is 4.79. The van der Waals surface area contributed by atoms with Gasteiger partial charge in [-0.1, -0.05) is 45.2 Å². The second kappa shape index (κ2) is 6.18. The van der Waals surface area contributed by atoms with Crippen molar-refractivity contribution in [3.8, 4) is 0 Å². The van der Waals surface area contributed by atoms with E-state index in [1.165, 1.54) is 0 Å². The number of hydrogen-bond acceptors (Lipinski definition) is 2. The van der Waals surface area contributed by atoms with E-state index in [4.69, 9.17) is 0 Å². The maximum atomic E-state index is 12.1. The monoisotopic (exact) mass is 387 g/mol. The summed E-state index contributed by atoms with van der Waals surface area (Å²) in [6, 6.07) is 5.35. The number of benzene rings is 1. The molecule has 0 bridgehead atoms. The van der Waals surface area contributed by atoms with Crippen molar-refractivity contribution >= 4 is 49.2 Å². The number of rotatable bonds is 5. The molecule has 1 heterocycles. The number of anilines is 1. The molecule has 0 saturated heterocycles. The molecule has 2 rings (SSSR count). The molecular weight excluding hydrogens is 374 g/mol. The van der Waals surface area contributed by atoms with E-state index in [0.29, 0.717) is 18.0 Å². The second-order valence-corrected chi connectivity index (χ2v) is 6.28. The van der Waals surface area contributed by atoms with Crippen molar-refractivity contribution in [1.29, 1.82) is 0 Å². The number of carbonyl (C=O) groups is 2. The van der Waals surface area contributed by atoms with Crippen LogP contribution in [0.4, 0.5) is 5.69 Å². The summed E-state index contributed by atoms with van der Waals surface area (Å²) in [5.41, 5.74) is 1.24. The molecule has 1 unspecified atom stereocenters. The first-order chi connectivity index (χ1) is 9.08. The van der Waals surface area contributed by atoms with Crippen LogP contribution >= 0.6 is 31.9 Å². The van der Waals surface area contributed by atoms with Gasteiger partial charge in [0.15, 0.2) is 0 Å². The van der Waals surface area contributed by atoms with Crippen LogP contribution in [0.5, 0.6) is 0 Å². The van der Waals surface area contributed by atoms with Crippen LogP contribution in [0.15, 0.2) is 22.7 Å². The number of hydrogen-bond donors (Lipinski definition) is 0. The van der Waals surface area contributed by atoms with Crippen molar-refractivity contribution in [3.05, 3.63) is 28.2 Å². The average Bonchev–Trinajstić information content (AvgIpc) is 2.62. The third-order valence-electron chi connectivity index (χ3n) is 3.29. The third kappa shape index (κ3) is 2.92. The number of nitrogens with zero attached hydrogens (tertiary/aromatic N) is 1. The smallest absolute Gasteiger partial charge is 0.299 e. The van der Waals surface area contributed by atoms with E-state index < -0.39 is 11.7 Å². The van der Waals surface area contributed by atoms with Crippen LogP contribution < -0.4 is 4.90 Å². The van der Waals surface area contributed by atoms with Gasteiger partial charge in [-0.15, -0.1) is 0 Å². The molecule has 0 fully saturated rings. The molecule has 0 N–H and O–H groups in total. The Balaban J connectivity index is 2.29. The Morgan fingerprint density at radius 1 is 1.32 bits per heavy atom. The van der Waals surface area contributed by atoms with Crippen LogP contribution in [0.1, 0.15) is 30.1 Å². The van der Waals surface area contributed by atoms with E-state index in [9.17, 15) is 9.59 Å². The normalized spacial score (nSPS) is 15.8. The van der Waals surface area contributed by atoms with Crippen molar-refractivity contribution in [2.45, 2.75) is 19.8 Å². The summed E-state index contributed by atoms with van der Waals surface area (Å²) in [4.78, 5) is 25.6. The highest BCUT2D eigenvalue weighted by atomic mass is 79.9. The Hall–Kier alpha value is -0.680. The number of ketones is 1. The predicted octanol–water partition coefficient (Wildman–Crippen LogP) is 3.79. The van der Waals surface area contributed by atoms with Crippen LogP contribution in [0, 0.1) is 5.92 Å². The van der Waals surface area contributed by atoms with Crippen LogP contribution in [-0.2, 0) is 4.79 Å². The standard InChI is InChI=1S/C14H15Br2NO2/c1-2-3-9(7-15)8-17-12-6-10(16)4-5-11(12)13(18)14(17)19/h4-6,9H,2-3,7-8H2,1H3. The van der Waals surface area contributed by atoms with Crippen LogP contribution in [0.3, 0.4) is 0 Å². The second-order valence-electron chi connectivity index (χ2n) is 4.72. The molecule has 1 aromatic carbocycles. The number of amides is 1. The Morgan fingerprint density at radius 3 is 2.68 bits per heavy atom. The molecule has 102 valence electrons. The molecule has 0 saturated carbocycles. The van der Waals surface area contributed by atoms with E-state index in [1.807, 2.05) is 6.07 Å². The minimum atomic E-state index is -0.407. The molecule has 19 heavy (non-hydrogen) atoms. The first-order valence-electron chi connectivity index (χ1n) is 6.30. The van der Waals surface area contributed by atoms with Gasteiger partial charge in [0.2, 0.25) is 0 Å². The molecule has 1 atom stereocenters. The zero-order valence-electron chi connectivity index (χ0n) is 10.7. The fourth-order valence-corrected chi connectivity index (χ4v) is 3.21. The van der Waals surface area contributed by atoms with Gasteiger partial charge in [-0.05, 0) is 30.5 Å². The molecule has 0 spiro atoms. The van der Waals surface area contributed by atoms with Crippen molar-refractivity contribution in [2.24, 2.45) is 5.92 Å². The van der Waals surface area contributed by atoms with Gasteiger partial charge in [-0.3, -0.25) is 9.59 Å². The highest BCUT2D eigenvalue weighted by molar-refractivity contribution is 9.10. The highest BCUT2D eigenvalue weighted by Crippen LogP contribution is 2.32. The lowest BCUT2D eigenvalue weighted by molar-refractivity contribution is -0.114. The van der Waals surface area contributed by atoms with Crippen LogP contribution in [-0.4, -0.2) is 23.6 Å². The van der Waals surface area contributed by atoms with E-state index in [1.54, 1.807) is 17.0 Å². The summed E-state index contributed by atoms with van der Waals surface area (Å²) in [6.07, 6.45) is 2.10. The summed E-state index contributed by atoms with van der Waals surface area (Å²) in [5.74, 6) is -0.436. The molecular formula is C14H15Br2NO2. The van der Waals surface area contributed by atoms with Gasteiger partial charge >= 0.3 is 0 Å². The van der Waals surface area contributed by atoms with Crippen molar-refractivity contribution in [3.63, 3.8) is 0 Å². The van der Waals surface area contributed by atoms with Gasteiger partial charge in [0.1, 0.15) is 0 Å². The summed E-state index contributed by atoms with van der Waals surface area (Å²) in [5, 5.41) is 0.835. The number of alkyl halides is 1. The average molecular weight is 389 g/mol. The molecule has 1 aliphatic heterocycles. The van der Waals surface area contributed by atoms with E-state index in [-0.39, 0.29) is 0 Å². The van der Waals surface area contributed by atoms with Gasteiger partial charge in [-0.2, -0.15) is 0 Å². The molecule has 3 nitrogen and oxygen atoms in total. The molecule has 5 heteroatoms. The van der Waals surface area contributed by atoms with Gasteiger partial charge in [0, 0.05) is 16.3 Å². The Morgan fingerprint density at radius 2 is 2.05 bits per heavy atom. The fourth-order valence-electron chi connectivity index (χ4n) is 2.33. The first kappa shape index (κ1) is 14.7. The van der Waals surface area contributed by atoms with Gasteiger partial charge < -0.3 is 4.90 Å². The molecule has 1 aromatic rings. The molecule has 0 aliphatic carbocycles. The van der Waals surface area contributed by atoms with Crippen LogP contribution in [0.2, 0.25) is 0 Å². The zero-order valence-corrected chi connectivity index (χ0v) is 13.8. The summed E-state index contributed by atoms with van der Waals surface area (Å²) < 4.78 is 0.879. The predicted molar refractivity (Wildman–Crippen MR) is 83.0 cm³/mol. The SMILES string of the molecule is CCCC(CBr)CN1C(=O)C(=O)c2ccc(Br)cc21. The Bertz CT molecular complexity index is 516. The maximum Gasteiger partial charge on any atom is 0.299 e. The number of halogens is 2. The molecule has 0 aromatic heterocycles. The lowest BCUT2D eigenvalue weighted by atomic mass is 10.1. The number of fused-ring (bicyclic) bond motifs is 1. The van der Waals surface area contributed by atoms with E-state index in [2.05, 4.69) is 38.8 Å². The van der Waals surface area contributed by atoms with Crippen molar-refractivity contribution in [2.75, 3.05) is 16.8 Å². The highest BCUT2D eigenvalue weighted by Gasteiger charge is 2.36. The van der Waals surface area contributed by atoms with E-state index in [0.717, 1.165) is 28.3 Å². The third-order valence-corrected chi connectivity index (χ3v) is 4.70. The zero-order chi connectivity index (χ0) is 14.0. The van der Waals surface area contributed by atoms with Crippen molar-refractivity contribution in [1.82, 2.24) is 0 Å². The first-order valence-corrected chi connectivity index (χ1v) is 8.21. The van der Waals surface area contributed by atoms with Crippen LogP contribution in [0.25, 0.3) is 0 Å². The number of Topliss-reactive ketones (excluding diaryl/α,β-unsaturated/α-hetero) is 1. The lowest BCUT2D eigenvalue weighted by Crippen LogP contribution is -2.34. The van der Waals surface area contributed by atoms with Gasteiger partial charge in [-0.25, -0.2) is 0 Å². The Labute approximate surface area is 129 Å². The van der Waals surface area contributed by atoms with Gasteiger partial charge in [0.05, 0.1) is 11.3 Å². The molecule has 1 aliphatic rings. The summed E-state index contributed by atoms with van der Waals surface area (Å²) >= 11 is 6.87. The van der Waals surface area contributed by atoms with E-state index >= 15 is 0 Å². The molecule has 1 amide bonds. The molecule has 0 radical (unpaired) electrons. The van der Waals surface area contributed by atoms with Gasteiger partial charge in [0.25, 0.3) is 11.7 Å². The lowest BCUT2D eigenvalue weighted by Gasteiger charge is -2.22. The number of carbonyl (C=O) groups excluding carboxylic acids is 2. The summed E-state index contributed by atoms with van der Waals surface area (Å²) in [6.45, 7) is 2.71.